The molecule has 9 aromatic carbocycles. The summed E-state index contributed by atoms with van der Waals surface area (Å²) in [5.74, 6) is 0. The van der Waals surface area contributed by atoms with Gasteiger partial charge in [0.2, 0.25) is 0 Å². The second-order valence-electron chi connectivity index (χ2n) is 16.7. The van der Waals surface area contributed by atoms with E-state index in [-0.39, 0.29) is 5.56 Å². The fourth-order valence-corrected chi connectivity index (χ4v) is 11.4. The zero-order valence-electron chi connectivity index (χ0n) is 32.9. The van der Waals surface area contributed by atoms with Gasteiger partial charge in [-0.05, 0) is 127 Å². The topological polar surface area (TPSA) is 26.4 Å². The van der Waals surface area contributed by atoms with Crippen molar-refractivity contribution >= 4 is 48.9 Å². The van der Waals surface area contributed by atoms with Gasteiger partial charge in [-0.1, -0.05) is 146 Å². The molecular weight excluding hydrogens is 741 g/mol. The van der Waals surface area contributed by atoms with E-state index in [1.807, 2.05) is 16.5 Å². The molecule has 12 aromatic rings. The quantitative estimate of drug-likeness (QED) is 0.164. The largest absolute Gasteiger partial charge is 0.309 e. The highest BCUT2D eigenvalue weighted by molar-refractivity contribution is 6.22. The summed E-state index contributed by atoms with van der Waals surface area (Å²) in [6.45, 7) is 0. The van der Waals surface area contributed by atoms with Crippen LogP contribution in [0.25, 0.3) is 99.2 Å². The Morgan fingerprint density at radius 2 is 0.951 bits per heavy atom. The van der Waals surface area contributed by atoms with E-state index in [1.165, 1.54) is 55.4 Å². The molecule has 3 aromatic heterocycles. The molecule has 3 heterocycles. The van der Waals surface area contributed by atoms with E-state index in [2.05, 4.69) is 199 Å². The lowest BCUT2D eigenvalue weighted by atomic mass is 9.70. The highest BCUT2D eigenvalue weighted by Gasteiger charge is 2.51. The van der Waals surface area contributed by atoms with E-state index in [4.69, 9.17) is 0 Å². The van der Waals surface area contributed by atoms with Gasteiger partial charge in [0.05, 0.1) is 27.7 Å². The molecule has 14 rings (SSSR count). The van der Waals surface area contributed by atoms with Gasteiger partial charge in [0.1, 0.15) is 0 Å². The Hall–Kier alpha value is -8.01. The average molecular weight is 775 g/mol. The van der Waals surface area contributed by atoms with Crippen molar-refractivity contribution in [2.24, 2.45) is 0 Å². The van der Waals surface area contributed by atoms with Gasteiger partial charge in [-0.25, -0.2) is 0 Å². The Balaban J connectivity index is 1.07. The van der Waals surface area contributed by atoms with Gasteiger partial charge in [-0.3, -0.25) is 9.20 Å². The monoisotopic (exact) mass is 774 g/mol. The summed E-state index contributed by atoms with van der Waals surface area (Å²) in [5, 5.41) is 6.15. The third-order valence-electron chi connectivity index (χ3n) is 13.8. The van der Waals surface area contributed by atoms with Gasteiger partial charge < -0.3 is 4.57 Å². The number of benzene rings is 9. The minimum Gasteiger partial charge on any atom is -0.309 e. The van der Waals surface area contributed by atoms with Crippen LogP contribution in [0.4, 0.5) is 0 Å². The lowest BCUT2D eigenvalue weighted by molar-refractivity contribution is 0.794. The molecule has 1 spiro atoms. The van der Waals surface area contributed by atoms with Crippen LogP contribution in [-0.4, -0.2) is 8.97 Å². The molecule has 3 heteroatoms. The molecule has 0 N–H and O–H groups in total. The summed E-state index contributed by atoms with van der Waals surface area (Å²) in [6.07, 6.45) is 0. The van der Waals surface area contributed by atoms with E-state index >= 15 is 0 Å². The molecule has 0 bridgehead atoms. The summed E-state index contributed by atoms with van der Waals surface area (Å²) in [4.78, 5) is 14.9. The summed E-state index contributed by atoms with van der Waals surface area (Å²) < 4.78 is 4.38. The van der Waals surface area contributed by atoms with Crippen molar-refractivity contribution in [1.29, 1.82) is 0 Å². The third kappa shape index (κ3) is 4.15. The first-order valence-electron chi connectivity index (χ1n) is 21.1. The summed E-state index contributed by atoms with van der Waals surface area (Å²) in [5.41, 5.74) is 18.4. The molecule has 0 unspecified atom stereocenters. The summed E-state index contributed by atoms with van der Waals surface area (Å²) in [7, 11) is 0. The lowest BCUT2D eigenvalue weighted by Gasteiger charge is -2.30. The van der Waals surface area contributed by atoms with Crippen LogP contribution in [-0.2, 0) is 5.41 Å². The standard InChI is InChI=1S/C58H34N2O/c61-57-44-24-6-5-20-40(44)47-30-38(35-16-14-17-36(29-35)54-32-37-15-4-13-28-53(37)59(54)39-18-2-1-3-19-39)31-48-46-33-45-43-23-9-12-27-51(43)58(52(45)34-55(46)60(57)56(47)48)49-25-10-7-21-41(49)42-22-8-11-26-50(42)58/h1-34H. The number of hydrogen-bond donors (Lipinski definition) is 0. The highest BCUT2D eigenvalue weighted by atomic mass is 16.1. The molecule has 0 saturated carbocycles. The minimum atomic E-state index is -0.504. The molecule has 0 radical (unpaired) electrons. The number of rotatable bonds is 3. The second kappa shape index (κ2) is 11.8. The van der Waals surface area contributed by atoms with Crippen molar-refractivity contribution < 1.29 is 0 Å². The highest BCUT2D eigenvalue weighted by Crippen LogP contribution is 2.63. The zero-order valence-corrected chi connectivity index (χ0v) is 32.9. The maximum Gasteiger partial charge on any atom is 0.263 e. The van der Waals surface area contributed by atoms with E-state index in [0.29, 0.717) is 0 Å². The average Bonchev–Trinajstić information content (AvgIpc) is 4.04. The van der Waals surface area contributed by atoms with Gasteiger partial charge in [-0.2, -0.15) is 0 Å². The molecule has 3 nitrogen and oxygen atoms in total. The van der Waals surface area contributed by atoms with Crippen molar-refractivity contribution in [2.75, 3.05) is 0 Å². The van der Waals surface area contributed by atoms with Gasteiger partial charge in [0.25, 0.3) is 5.56 Å². The van der Waals surface area contributed by atoms with E-state index in [0.717, 1.165) is 66.0 Å². The van der Waals surface area contributed by atoms with Crippen molar-refractivity contribution in [3.8, 4) is 50.3 Å². The fraction of sp³-hybridized carbons (Fsp3) is 0.0172. The Morgan fingerprint density at radius 3 is 1.69 bits per heavy atom. The SMILES string of the molecule is O=c1c2ccccc2c2cc(-c3cccc(-c4cc5ccccc5n4-c4ccccc4)c3)cc3c4cc5c(cc4n1c23)C1(c2ccccc2-c2ccccc21)c1ccccc1-5. The molecule has 0 aliphatic heterocycles. The first-order chi connectivity index (χ1) is 30.2. The van der Waals surface area contributed by atoms with Crippen LogP contribution in [0.3, 0.4) is 0 Å². The fourth-order valence-electron chi connectivity index (χ4n) is 11.4. The van der Waals surface area contributed by atoms with Crippen LogP contribution in [0.1, 0.15) is 22.3 Å². The van der Waals surface area contributed by atoms with Crippen LogP contribution < -0.4 is 5.56 Å². The predicted molar refractivity (Wildman–Crippen MR) is 251 cm³/mol. The Kier molecular flexibility index (Phi) is 6.37. The molecule has 0 saturated heterocycles. The summed E-state index contributed by atoms with van der Waals surface area (Å²) >= 11 is 0. The van der Waals surface area contributed by atoms with E-state index < -0.39 is 5.41 Å². The van der Waals surface area contributed by atoms with Crippen molar-refractivity contribution in [3.63, 3.8) is 0 Å². The molecule has 2 aliphatic rings. The summed E-state index contributed by atoms with van der Waals surface area (Å²) in [6, 6.07) is 74.7. The molecule has 61 heavy (non-hydrogen) atoms. The molecule has 0 atom stereocenters. The van der Waals surface area contributed by atoms with Crippen LogP contribution in [0, 0.1) is 0 Å². The Morgan fingerprint density at radius 1 is 0.361 bits per heavy atom. The van der Waals surface area contributed by atoms with Crippen LogP contribution in [0.15, 0.2) is 211 Å². The number of aromatic nitrogens is 2. The molecule has 2 aliphatic carbocycles. The van der Waals surface area contributed by atoms with E-state index in [1.54, 1.807) is 0 Å². The zero-order chi connectivity index (χ0) is 40.0. The third-order valence-corrected chi connectivity index (χ3v) is 13.8. The molecule has 0 amide bonds. The molecular formula is C58H34N2O. The number of para-hydroxylation sites is 2. The number of fused-ring (bicyclic) bond motifs is 16. The number of pyridine rings is 1. The lowest BCUT2D eigenvalue weighted by Crippen LogP contribution is -2.26. The van der Waals surface area contributed by atoms with Crippen LogP contribution in [0.2, 0.25) is 0 Å². The Labute approximate surface area is 351 Å². The van der Waals surface area contributed by atoms with Crippen LogP contribution in [0.5, 0.6) is 0 Å². The maximum atomic E-state index is 14.9. The van der Waals surface area contributed by atoms with Gasteiger partial charge >= 0.3 is 0 Å². The van der Waals surface area contributed by atoms with Crippen molar-refractivity contribution in [1.82, 2.24) is 8.97 Å². The van der Waals surface area contributed by atoms with Gasteiger partial charge in [-0.15, -0.1) is 0 Å². The first kappa shape index (κ1) is 32.9. The Bertz CT molecular complexity index is 3860. The smallest absolute Gasteiger partial charge is 0.263 e. The molecule has 0 fully saturated rings. The first-order valence-corrected chi connectivity index (χ1v) is 21.1. The van der Waals surface area contributed by atoms with Gasteiger partial charge in [0.15, 0.2) is 0 Å². The van der Waals surface area contributed by atoms with Crippen molar-refractivity contribution in [3.05, 3.63) is 239 Å². The minimum absolute atomic E-state index is 0.0170. The van der Waals surface area contributed by atoms with Gasteiger partial charge in [0, 0.05) is 32.6 Å². The number of nitrogens with zero attached hydrogens (tertiary/aromatic N) is 2. The predicted octanol–water partition coefficient (Wildman–Crippen LogP) is 13.8. The second-order valence-corrected chi connectivity index (χ2v) is 16.7. The normalized spacial score (nSPS) is 13.4. The van der Waals surface area contributed by atoms with Crippen LogP contribution >= 0.6 is 0 Å². The number of hydrogen-bond acceptors (Lipinski definition) is 1. The van der Waals surface area contributed by atoms with Crippen molar-refractivity contribution in [2.45, 2.75) is 5.41 Å². The van der Waals surface area contributed by atoms with E-state index in [9.17, 15) is 4.79 Å². The molecule has 282 valence electrons. The maximum absolute atomic E-state index is 14.9.